The number of carbonyl (C=O) groups is 1. The lowest BCUT2D eigenvalue weighted by molar-refractivity contribution is -0.123. The molecule has 0 spiro atoms. The number of amides is 1. The molecule has 0 aromatic carbocycles. The summed E-state index contributed by atoms with van der Waals surface area (Å²) in [6.07, 6.45) is 10.6. The van der Waals surface area contributed by atoms with Crippen LogP contribution in [0.4, 0.5) is 0 Å². The molecule has 0 aromatic heterocycles. The molecule has 104 valence electrons. The molecule has 2 aliphatic rings. The van der Waals surface area contributed by atoms with Gasteiger partial charge in [-0.1, -0.05) is 13.3 Å². The zero-order valence-electron chi connectivity index (χ0n) is 11.7. The molecule has 1 amide bonds. The Labute approximate surface area is 111 Å². The molecule has 2 rings (SSSR count). The lowest BCUT2D eigenvalue weighted by Crippen LogP contribution is -2.42. The van der Waals surface area contributed by atoms with Gasteiger partial charge in [0.15, 0.2) is 0 Å². The van der Waals surface area contributed by atoms with E-state index in [-0.39, 0.29) is 0 Å². The Hall–Kier alpha value is -0.570. The van der Waals surface area contributed by atoms with Gasteiger partial charge in [0.25, 0.3) is 0 Å². The van der Waals surface area contributed by atoms with Crippen LogP contribution in [0.5, 0.6) is 0 Å². The summed E-state index contributed by atoms with van der Waals surface area (Å²) >= 11 is 0. The summed E-state index contributed by atoms with van der Waals surface area (Å²) in [5, 5.41) is 6.81. The number of nitrogens with one attached hydrogen (secondary N) is 2. The molecule has 2 N–H and O–H groups in total. The normalized spacial score (nSPS) is 28.7. The van der Waals surface area contributed by atoms with Crippen LogP contribution in [-0.2, 0) is 4.79 Å². The lowest BCUT2D eigenvalue weighted by Gasteiger charge is -2.31. The number of hydrogen-bond donors (Lipinski definition) is 2. The molecular formula is C15H28N2O. The SMILES string of the molecule is CCCNC1CCC(NC(=O)CC2CCC2)CC1. The molecule has 3 heteroatoms. The first-order valence-corrected chi connectivity index (χ1v) is 7.80. The largest absolute Gasteiger partial charge is 0.353 e. The highest BCUT2D eigenvalue weighted by molar-refractivity contribution is 5.76. The number of carbonyl (C=O) groups excluding carboxylic acids is 1. The maximum atomic E-state index is 11.8. The maximum absolute atomic E-state index is 11.8. The smallest absolute Gasteiger partial charge is 0.220 e. The van der Waals surface area contributed by atoms with Crippen LogP contribution in [-0.4, -0.2) is 24.5 Å². The summed E-state index contributed by atoms with van der Waals surface area (Å²) in [7, 11) is 0. The summed E-state index contributed by atoms with van der Waals surface area (Å²) in [6.45, 7) is 3.34. The van der Waals surface area contributed by atoms with Gasteiger partial charge in [-0.05, 0) is 57.4 Å². The van der Waals surface area contributed by atoms with Crippen LogP contribution in [0.15, 0.2) is 0 Å². The third-order valence-electron chi connectivity index (χ3n) is 4.47. The summed E-state index contributed by atoms with van der Waals surface area (Å²) < 4.78 is 0. The molecule has 2 aliphatic carbocycles. The molecule has 0 aromatic rings. The minimum atomic E-state index is 0.296. The van der Waals surface area contributed by atoms with E-state index < -0.39 is 0 Å². The molecule has 0 heterocycles. The van der Waals surface area contributed by atoms with Crippen molar-refractivity contribution in [3.05, 3.63) is 0 Å². The second-order valence-electron chi connectivity index (χ2n) is 6.07. The third kappa shape index (κ3) is 4.27. The second-order valence-corrected chi connectivity index (χ2v) is 6.07. The van der Waals surface area contributed by atoms with E-state index in [1.165, 1.54) is 38.5 Å². The van der Waals surface area contributed by atoms with E-state index in [1.807, 2.05) is 0 Å². The molecule has 0 unspecified atom stereocenters. The van der Waals surface area contributed by atoms with Gasteiger partial charge in [0.05, 0.1) is 0 Å². The molecule has 0 radical (unpaired) electrons. The van der Waals surface area contributed by atoms with Crippen LogP contribution in [0.3, 0.4) is 0 Å². The van der Waals surface area contributed by atoms with Crippen molar-refractivity contribution < 1.29 is 4.79 Å². The van der Waals surface area contributed by atoms with Crippen LogP contribution < -0.4 is 10.6 Å². The van der Waals surface area contributed by atoms with Crippen molar-refractivity contribution in [1.29, 1.82) is 0 Å². The van der Waals surface area contributed by atoms with Crippen LogP contribution in [0.2, 0.25) is 0 Å². The Bertz CT molecular complexity index is 255. The van der Waals surface area contributed by atoms with E-state index in [4.69, 9.17) is 0 Å². The topological polar surface area (TPSA) is 41.1 Å². The fourth-order valence-electron chi connectivity index (χ4n) is 3.04. The van der Waals surface area contributed by atoms with Gasteiger partial charge in [0.1, 0.15) is 0 Å². The van der Waals surface area contributed by atoms with Gasteiger partial charge >= 0.3 is 0 Å². The van der Waals surface area contributed by atoms with E-state index >= 15 is 0 Å². The zero-order valence-corrected chi connectivity index (χ0v) is 11.7. The van der Waals surface area contributed by atoms with Crippen molar-refractivity contribution in [1.82, 2.24) is 10.6 Å². The zero-order chi connectivity index (χ0) is 12.8. The van der Waals surface area contributed by atoms with Crippen LogP contribution in [0, 0.1) is 5.92 Å². The molecule has 0 saturated heterocycles. The Morgan fingerprint density at radius 1 is 1.06 bits per heavy atom. The van der Waals surface area contributed by atoms with Gasteiger partial charge in [0, 0.05) is 18.5 Å². The van der Waals surface area contributed by atoms with Gasteiger partial charge in [-0.15, -0.1) is 0 Å². The molecule has 0 bridgehead atoms. The van der Waals surface area contributed by atoms with Gasteiger partial charge < -0.3 is 10.6 Å². The minimum absolute atomic E-state index is 0.296. The van der Waals surface area contributed by atoms with Crippen LogP contribution in [0.25, 0.3) is 0 Å². The standard InChI is InChI=1S/C15H28N2O/c1-2-10-16-13-6-8-14(9-7-13)17-15(18)11-12-4-3-5-12/h12-14,16H,2-11H2,1H3,(H,17,18). The molecule has 2 fully saturated rings. The van der Waals surface area contributed by atoms with Gasteiger partial charge in [-0.2, -0.15) is 0 Å². The van der Waals surface area contributed by atoms with Crippen LogP contribution >= 0.6 is 0 Å². The van der Waals surface area contributed by atoms with E-state index in [0.717, 1.165) is 25.8 Å². The molecule has 2 saturated carbocycles. The lowest BCUT2D eigenvalue weighted by atomic mass is 9.82. The fraction of sp³-hybridized carbons (Fsp3) is 0.933. The Morgan fingerprint density at radius 2 is 1.72 bits per heavy atom. The Kier molecular flexibility index (Phi) is 5.48. The van der Waals surface area contributed by atoms with Crippen molar-refractivity contribution in [3.8, 4) is 0 Å². The highest BCUT2D eigenvalue weighted by Crippen LogP contribution is 2.29. The monoisotopic (exact) mass is 252 g/mol. The van der Waals surface area contributed by atoms with Crippen molar-refractivity contribution in [2.45, 2.75) is 76.8 Å². The first-order valence-electron chi connectivity index (χ1n) is 7.80. The Morgan fingerprint density at radius 3 is 2.28 bits per heavy atom. The van der Waals surface area contributed by atoms with Gasteiger partial charge in [-0.3, -0.25) is 4.79 Å². The minimum Gasteiger partial charge on any atom is -0.353 e. The summed E-state index contributed by atoms with van der Waals surface area (Å²) in [5.41, 5.74) is 0. The van der Waals surface area contributed by atoms with Crippen molar-refractivity contribution in [2.24, 2.45) is 5.92 Å². The van der Waals surface area contributed by atoms with E-state index in [1.54, 1.807) is 0 Å². The van der Waals surface area contributed by atoms with Gasteiger partial charge in [0.2, 0.25) is 5.91 Å². The molecule has 0 aliphatic heterocycles. The molecule has 0 atom stereocenters. The van der Waals surface area contributed by atoms with Crippen molar-refractivity contribution >= 4 is 5.91 Å². The highest BCUT2D eigenvalue weighted by atomic mass is 16.1. The predicted molar refractivity (Wildman–Crippen MR) is 74.4 cm³/mol. The van der Waals surface area contributed by atoms with Crippen molar-refractivity contribution in [2.75, 3.05) is 6.54 Å². The van der Waals surface area contributed by atoms with E-state index in [9.17, 15) is 4.79 Å². The average molecular weight is 252 g/mol. The highest BCUT2D eigenvalue weighted by Gasteiger charge is 2.24. The van der Waals surface area contributed by atoms with E-state index in [0.29, 0.717) is 23.9 Å². The van der Waals surface area contributed by atoms with E-state index in [2.05, 4.69) is 17.6 Å². The molecule has 18 heavy (non-hydrogen) atoms. The number of rotatable bonds is 6. The Balaban J connectivity index is 1.59. The maximum Gasteiger partial charge on any atom is 0.220 e. The third-order valence-corrected chi connectivity index (χ3v) is 4.47. The predicted octanol–water partition coefficient (Wildman–Crippen LogP) is 2.60. The second kappa shape index (κ2) is 7.13. The van der Waals surface area contributed by atoms with Crippen molar-refractivity contribution in [3.63, 3.8) is 0 Å². The average Bonchev–Trinajstić information content (AvgIpc) is 2.33. The fourth-order valence-corrected chi connectivity index (χ4v) is 3.04. The summed E-state index contributed by atoms with van der Waals surface area (Å²) in [4.78, 5) is 11.8. The summed E-state index contributed by atoms with van der Waals surface area (Å²) in [5.74, 6) is 0.984. The van der Waals surface area contributed by atoms with Crippen LogP contribution in [0.1, 0.15) is 64.7 Å². The first kappa shape index (κ1) is 13.9. The van der Waals surface area contributed by atoms with Gasteiger partial charge in [-0.25, -0.2) is 0 Å². The quantitative estimate of drug-likeness (QED) is 0.763. The first-order chi connectivity index (χ1) is 8.78. The summed E-state index contributed by atoms with van der Waals surface area (Å²) in [6, 6.07) is 1.13. The number of hydrogen-bond acceptors (Lipinski definition) is 2. The molecular weight excluding hydrogens is 224 g/mol. The molecule has 3 nitrogen and oxygen atoms in total.